The molecule has 0 aromatic carbocycles. The highest BCUT2D eigenvalue weighted by Gasteiger charge is 2.40. The van der Waals surface area contributed by atoms with E-state index in [0.29, 0.717) is 17.9 Å². The van der Waals surface area contributed by atoms with Crippen LogP contribution < -0.4 is 10.5 Å². The Bertz CT molecular complexity index is 1190. The van der Waals surface area contributed by atoms with Crippen molar-refractivity contribution in [3.8, 4) is 5.88 Å². The second kappa shape index (κ2) is 7.27. The van der Waals surface area contributed by atoms with Gasteiger partial charge in [0, 0.05) is 41.7 Å². The van der Waals surface area contributed by atoms with E-state index in [1.807, 2.05) is 32.0 Å². The molecule has 3 aromatic rings. The lowest BCUT2D eigenvalue weighted by Gasteiger charge is -2.27. The quantitative estimate of drug-likeness (QED) is 0.646. The summed E-state index contributed by atoms with van der Waals surface area (Å²) in [4.78, 5) is 26.2. The van der Waals surface area contributed by atoms with Crippen LogP contribution in [0.1, 0.15) is 72.0 Å². The summed E-state index contributed by atoms with van der Waals surface area (Å²) in [5, 5.41) is 1.80. The molecule has 0 bridgehead atoms. The van der Waals surface area contributed by atoms with Crippen molar-refractivity contribution in [2.45, 2.75) is 57.1 Å². The molecule has 3 aromatic heterocycles. The Morgan fingerprint density at radius 3 is 2.77 bits per heavy atom. The minimum atomic E-state index is -0.557. The van der Waals surface area contributed by atoms with Gasteiger partial charge >= 0.3 is 5.97 Å². The molecule has 0 saturated heterocycles. The van der Waals surface area contributed by atoms with Crippen LogP contribution in [0.4, 0.5) is 0 Å². The number of rotatable bonds is 4. The summed E-state index contributed by atoms with van der Waals surface area (Å²) in [6, 6.07) is 5.77. The van der Waals surface area contributed by atoms with Gasteiger partial charge in [0.1, 0.15) is 6.10 Å². The summed E-state index contributed by atoms with van der Waals surface area (Å²) < 4.78 is 11.0. The monoisotopic (exact) mass is 418 g/mol. The number of carbonyl (C=O) groups excluding carboxylic acids is 1. The second-order valence-electron chi connectivity index (χ2n) is 9.02. The Morgan fingerprint density at radius 1 is 1.16 bits per heavy atom. The summed E-state index contributed by atoms with van der Waals surface area (Å²) in [6.07, 6.45) is 7.08. The van der Waals surface area contributed by atoms with Crippen molar-refractivity contribution >= 4 is 16.7 Å². The molecule has 2 N–H and O–H groups in total. The third-order valence-corrected chi connectivity index (χ3v) is 6.31. The molecule has 7 heteroatoms. The smallest absolute Gasteiger partial charge is 0.340 e. The molecule has 1 saturated carbocycles. The SMILES string of the molecule is COc1ncc(C(C)(C)N)c2cc(Cc3ccc4c(n3)[C@@H]3CCC[C@@H]3OC4=O)ncc12. The van der Waals surface area contributed by atoms with Crippen LogP contribution in [-0.4, -0.2) is 34.1 Å². The first-order valence-corrected chi connectivity index (χ1v) is 10.7. The minimum Gasteiger partial charge on any atom is -0.481 e. The van der Waals surface area contributed by atoms with Gasteiger partial charge in [-0.3, -0.25) is 9.97 Å². The zero-order chi connectivity index (χ0) is 21.8. The van der Waals surface area contributed by atoms with E-state index >= 15 is 0 Å². The highest BCUT2D eigenvalue weighted by molar-refractivity contribution is 5.92. The Morgan fingerprint density at radius 2 is 2.00 bits per heavy atom. The number of pyridine rings is 3. The summed E-state index contributed by atoms with van der Waals surface area (Å²) in [7, 11) is 1.60. The molecule has 0 radical (unpaired) electrons. The molecule has 5 rings (SSSR count). The maximum atomic E-state index is 12.3. The van der Waals surface area contributed by atoms with Gasteiger partial charge in [-0.15, -0.1) is 0 Å². The van der Waals surface area contributed by atoms with E-state index < -0.39 is 5.54 Å². The summed E-state index contributed by atoms with van der Waals surface area (Å²) in [5.74, 6) is 0.479. The minimum absolute atomic E-state index is 0.0316. The van der Waals surface area contributed by atoms with E-state index in [9.17, 15) is 4.79 Å². The third-order valence-electron chi connectivity index (χ3n) is 6.31. The van der Waals surface area contributed by atoms with Gasteiger partial charge in [-0.05, 0) is 62.3 Å². The number of methoxy groups -OCH3 is 1. The summed E-state index contributed by atoms with van der Waals surface area (Å²) in [5.41, 5.74) is 10.0. The largest absolute Gasteiger partial charge is 0.481 e. The summed E-state index contributed by atoms with van der Waals surface area (Å²) in [6.45, 7) is 3.91. The van der Waals surface area contributed by atoms with Gasteiger partial charge in [0.15, 0.2) is 0 Å². The van der Waals surface area contributed by atoms with E-state index in [-0.39, 0.29) is 18.0 Å². The molecule has 1 fully saturated rings. The van der Waals surface area contributed by atoms with Crippen LogP contribution in [0.25, 0.3) is 10.8 Å². The van der Waals surface area contributed by atoms with E-state index in [1.165, 1.54) is 0 Å². The van der Waals surface area contributed by atoms with Gasteiger partial charge in [0.2, 0.25) is 5.88 Å². The highest BCUT2D eigenvalue weighted by Crippen LogP contribution is 2.41. The van der Waals surface area contributed by atoms with Crippen molar-refractivity contribution < 1.29 is 14.3 Å². The second-order valence-corrected chi connectivity index (χ2v) is 9.02. The predicted octanol–water partition coefficient (Wildman–Crippen LogP) is 3.62. The fourth-order valence-corrected chi connectivity index (χ4v) is 4.76. The van der Waals surface area contributed by atoms with Crippen molar-refractivity contribution in [3.05, 3.63) is 58.8 Å². The highest BCUT2D eigenvalue weighted by atomic mass is 16.5. The first-order chi connectivity index (χ1) is 14.8. The molecule has 0 unspecified atom stereocenters. The normalized spacial score (nSPS) is 20.3. The number of esters is 1. The van der Waals surface area contributed by atoms with Crippen LogP contribution in [-0.2, 0) is 16.7 Å². The van der Waals surface area contributed by atoms with Crippen LogP contribution in [0, 0.1) is 0 Å². The lowest BCUT2D eigenvalue weighted by atomic mass is 9.92. The zero-order valence-corrected chi connectivity index (χ0v) is 18.0. The van der Waals surface area contributed by atoms with E-state index in [0.717, 1.165) is 52.7 Å². The maximum absolute atomic E-state index is 12.3. The fraction of sp³-hybridized carbons (Fsp3) is 0.417. The average Bonchev–Trinajstić information content (AvgIpc) is 3.20. The van der Waals surface area contributed by atoms with E-state index in [1.54, 1.807) is 19.5 Å². The summed E-state index contributed by atoms with van der Waals surface area (Å²) >= 11 is 0. The van der Waals surface area contributed by atoms with Crippen molar-refractivity contribution in [1.82, 2.24) is 15.0 Å². The average molecular weight is 418 g/mol. The molecular formula is C24H26N4O3. The number of carbonyl (C=O) groups is 1. The third kappa shape index (κ3) is 3.43. The first kappa shape index (κ1) is 19.9. The number of fused-ring (bicyclic) bond motifs is 4. The topological polar surface area (TPSA) is 100 Å². The molecule has 31 heavy (non-hydrogen) atoms. The van der Waals surface area contributed by atoms with Gasteiger partial charge in [-0.2, -0.15) is 0 Å². The Labute approximate surface area is 181 Å². The molecule has 1 aliphatic carbocycles. The molecule has 0 spiro atoms. The number of nitrogens with two attached hydrogens (primary N) is 1. The van der Waals surface area contributed by atoms with Crippen LogP contribution in [0.3, 0.4) is 0 Å². The molecule has 4 heterocycles. The van der Waals surface area contributed by atoms with Crippen molar-refractivity contribution in [1.29, 1.82) is 0 Å². The van der Waals surface area contributed by atoms with Crippen LogP contribution in [0.5, 0.6) is 5.88 Å². The van der Waals surface area contributed by atoms with E-state index in [2.05, 4.69) is 9.97 Å². The van der Waals surface area contributed by atoms with Crippen LogP contribution in [0.15, 0.2) is 30.6 Å². The van der Waals surface area contributed by atoms with Crippen molar-refractivity contribution in [2.75, 3.05) is 7.11 Å². The predicted molar refractivity (Wildman–Crippen MR) is 116 cm³/mol. The molecule has 0 amide bonds. The van der Waals surface area contributed by atoms with Crippen LogP contribution in [0.2, 0.25) is 0 Å². The lowest BCUT2D eigenvalue weighted by molar-refractivity contribution is 0.0222. The number of hydrogen-bond donors (Lipinski definition) is 1. The number of ether oxygens (including phenoxy) is 2. The maximum Gasteiger partial charge on any atom is 0.340 e. The lowest BCUT2D eigenvalue weighted by Crippen LogP contribution is -2.29. The van der Waals surface area contributed by atoms with Gasteiger partial charge in [0.05, 0.1) is 23.8 Å². The Hall–Kier alpha value is -3.06. The van der Waals surface area contributed by atoms with Gasteiger partial charge in [-0.25, -0.2) is 9.78 Å². The Kier molecular flexibility index (Phi) is 4.66. The van der Waals surface area contributed by atoms with Crippen molar-refractivity contribution in [3.63, 3.8) is 0 Å². The fourth-order valence-electron chi connectivity index (χ4n) is 4.76. The Balaban J connectivity index is 1.54. The zero-order valence-electron chi connectivity index (χ0n) is 18.0. The number of hydrogen-bond acceptors (Lipinski definition) is 7. The number of nitrogens with zero attached hydrogens (tertiary/aromatic N) is 3. The van der Waals surface area contributed by atoms with Gasteiger partial charge in [0.25, 0.3) is 0 Å². The molecule has 2 aliphatic rings. The van der Waals surface area contributed by atoms with Crippen molar-refractivity contribution in [2.24, 2.45) is 5.73 Å². The van der Waals surface area contributed by atoms with Gasteiger partial charge in [-0.1, -0.05) is 0 Å². The number of aromatic nitrogens is 3. The van der Waals surface area contributed by atoms with E-state index in [4.69, 9.17) is 20.2 Å². The molecule has 160 valence electrons. The molecular weight excluding hydrogens is 392 g/mol. The standard InChI is InChI=1S/C24H26N4O3/c1-24(2,25)19-12-27-22(30-3)18-11-26-14(10-17(18)19)9-13-7-8-16-21(28-13)15-5-4-6-20(15)31-23(16)29/h7-8,10-12,15,20H,4-6,9,25H2,1-3H3/t15-,20+/m1/s1. The molecule has 7 nitrogen and oxygen atoms in total. The first-order valence-electron chi connectivity index (χ1n) is 10.7. The molecule has 1 aliphatic heterocycles. The molecule has 2 atom stereocenters. The van der Waals surface area contributed by atoms with Gasteiger partial charge < -0.3 is 15.2 Å². The van der Waals surface area contributed by atoms with Crippen LogP contribution >= 0.6 is 0 Å².